The van der Waals surface area contributed by atoms with Crippen LogP contribution in [0.15, 0.2) is 77.7 Å². The maximum absolute atomic E-state index is 13.5. The molecule has 196 valence electrons. The first-order valence-electron chi connectivity index (χ1n) is 12.3. The molecule has 0 spiro atoms. The first-order valence-corrected chi connectivity index (χ1v) is 13.8. The average molecular weight is 526 g/mol. The Bertz CT molecular complexity index is 1290. The highest BCUT2D eigenvalue weighted by Crippen LogP contribution is 2.25. The van der Waals surface area contributed by atoms with Crippen molar-refractivity contribution in [3.05, 3.63) is 89.7 Å². The van der Waals surface area contributed by atoms with Crippen LogP contribution in [0.5, 0.6) is 5.75 Å². The smallest absolute Gasteiger partial charge is 0.264 e. The van der Waals surface area contributed by atoms with E-state index in [4.69, 9.17) is 4.74 Å². The number of nitrogens with one attached hydrogen (secondary N) is 1. The van der Waals surface area contributed by atoms with Gasteiger partial charge in [0.1, 0.15) is 18.1 Å². The number of hydrogen-bond donors (Lipinski definition) is 1. The van der Waals surface area contributed by atoms with Gasteiger partial charge in [0.05, 0.1) is 17.7 Å². The molecule has 0 bridgehead atoms. The van der Waals surface area contributed by atoms with E-state index in [-0.39, 0.29) is 17.1 Å². The molecular formula is C28H32FN3O4S. The average Bonchev–Trinajstić information content (AvgIpc) is 2.92. The highest BCUT2D eigenvalue weighted by molar-refractivity contribution is 7.92. The number of likely N-dealkylation sites (tertiary alicyclic amines) is 1. The Morgan fingerprint density at radius 3 is 2.32 bits per heavy atom. The molecular weight excluding hydrogens is 493 g/mol. The molecule has 0 saturated carbocycles. The molecule has 1 heterocycles. The second-order valence-corrected chi connectivity index (χ2v) is 11.0. The van der Waals surface area contributed by atoms with Gasteiger partial charge in [-0.1, -0.05) is 30.7 Å². The Labute approximate surface area is 217 Å². The number of benzene rings is 3. The summed E-state index contributed by atoms with van der Waals surface area (Å²) < 4.78 is 46.6. The second kappa shape index (κ2) is 12.2. The van der Waals surface area contributed by atoms with Gasteiger partial charge >= 0.3 is 0 Å². The number of methoxy groups -OCH3 is 1. The van der Waals surface area contributed by atoms with E-state index in [1.807, 2.05) is 12.1 Å². The quantitative estimate of drug-likeness (QED) is 0.426. The van der Waals surface area contributed by atoms with Crippen molar-refractivity contribution in [1.29, 1.82) is 0 Å². The van der Waals surface area contributed by atoms with Crippen molar-refractivity contribution in [1.82, 2.24) is 10.2 Å². The minimum absolute atomic E-state index is 0.00385. The maximum Gasteiger partial charge on any atom is 0.264 e. The van der Waals surface area contributed by atoms with Crippen LogP contribution in [-0.4, -0.2) is 46.0 Å². The lowest BCUT2D eigenvalue weighted by atomic mass is 10.1. The van der Waals surface area contributed by atoms with Crippen LogP contribution in [-0.2, 0) is 27.9 Å². The van der Waals surface area contributed by atoms with E-state index in [9.17, 15) is 17.6 Å². The molecule has 3 aromatic carbocycles. The van der Waals surface area contributed by atoms with Crippen LogP contribution in [0.3, 0.4) is 0 Å². The number of piperidine rings is 1. The first kappa shape index (κ1) is 26.6. The molecule has 0 radical (unpaired) electrons. The molecule has 1 amide bonds. The zero-order chi connectivity index (χ0) is 26.3. The van der Waals surface area contributed by atoms with Crippen molar-refractivity contribution in [2.75, 3.05) is 31.0 Å². The lowest BCUT2D eigenvalue weighted by Gasteiger charge is -2.26. The van der Waals surface area contributed by atoms with E-state index in [0.717, 1.165) is 41.6 Å². The first-order chi connectivity index (χ1) is 17.8. The lowest BCUT2D eigenvalue weighted by molar-refractivity contribution is -0.119. The molecule has 1 aliphatic heterocycles. The van der Waals surface area contributed by atoms with E-state index < -0.39 is 28.3 Å². The molecule has 1 fully saturated rings. The molecule has 37 heavy (non-hydrogen) atoms. The standard InChI is InChI=1S/C28H32FN3O4S/c1-36-26-12-14-27(15-13-26)37(34,35)32(25-10-8-24(29)9-11-25)21-28(33)30-19-22-6-5-7-23(18-22)20-31-16-3-2-4-17-31/h5-15,18H,2-4,16-17,19-21H2,1H3,(H,30,33). The Hall–Kier alpha value is -3.43. The number of anilines is 1. The van der Waals surface area contributed by atoms with Crippen molar-refractivity contribution in [3.63, 3.8) is 0 Å². The minimum atomic E-state index is -4.10. The van der Waals surface area contributed by atoms with Gasteiger partial charge in [-0.25, -0.2) is 12.8 Å². The van der Waals surface area contributed by atoms with E-state index in [0.29, 0.717) is 5.75 Å². The Balaban J connectivity index is 1.46. The molecule has 0 aliphatic carbocycles. The predicted molar refractivity (Wildman–Crippen MR) is 141 cm³/mol. The Morgan fingerprint density at radius 2 is 1.65 bits per heavy atom. The molecule has 0 aromatic heterocycles. The van der Waals surface area contributed by atoms with E-state index in [1.54, 1.807) is 0 Å². The van der Waals surface area contributed by atoms with Gasteiger partial charge in [0.2, 0.25) is 5.91 Å². The molecule has 4 rings (SSSR count). The predicted octanol–water partition coefficient (Wildman–Crippen LogP) is 4.33. The van der Waals surface area contributed by atoms with Gasteiger partial charge in [-0.05, 0) is 85.6 Å². The molecule has 7 nitrogen and oxygen atoms in total. The highest BCUT2D eigenvalue weighted by atomic mass is 32.2. The molecule has 3 aromatic rings. The SMILES string of the molecule is COc1ccc(S(=O)(=O)N(CC(=O)NCc2cccc(CN3CCCCC3)c2)c2ccc(F)cc2)cc1. The van der Waals surface area contributed by atoms with Gasteiger partial charge in [0.25, 0.3) is 10.0 Å². The van der Waals surface area contributed by atoms with Crippen molar-refractivity contribution in [2.24, 2.45) is 0 Å². The summed E-state index contributed by atoms with van der Waals surface area (Å²) in [6.07, 6.45) is 3.73. The zero-order valence-electron chi connectivity index (χ0n) is 20.9. The van der Waals surface area contributed by atoms with Gasteiger partial charge in [0.15, 0.2) is 0 Å². The third-order valence-corrected chi connectivity index (χ3v) is 8.17. The largest absolute Gasteiger partial charge is 0.497 e. The number of nitrogens with zero attached hydrogens (tertiary/aromatic N) is 2. The fourth-order valence-electron chi connectivity index (χ4n) is 4.40. The number of halogens is 1. The fourth-order valence-corrected chi connectivity index (χ4v) is 5.82. The number of rotatable bonds is 10. The van der Waals surface area contributed by atoms with Crippen LogP contribution in [0.4, 0.5) is 10.1 Å². The van der Waals surface area contributed by atoms with Crippen LogP contribution in [0.25, 0.3) is 0 Å². The summed E-state index contributed by atoms with van der Waals surface area (Å²) in [5, 5.41) is 2.83. The Kier molecular flexibility index (Phi) is 8.78. The van der Waals surface area contributed by atoms with Gasteiger partial charge < -0.3 is 10.1 Å². The van der Waals surface area contributed by atoms with E-state index in [1.165, 1.54) is 68.3 Å². The van der Waals surface area contributed by atoms with Crippen molar-refractivity contribution in [3.8, 4) is 5.75 Å². The summed E-state index contributed by atoms with van der Waals surface area (Å²) >= 11 is 0. The zero-order valence-corrected chi connectivity index (χ0v) is 21.7. The summed E-state index contributed by atoms with van der Waals surface area (Å²) in [7, 11) is -2.62. The van der Waals surface area contributed by atoms with Gasteiger partial charge in [-0.2, -0.15) is 0 Å². The third kappa shape index (κ3) is 7.08. The van der Waals surface area contributed by atoms with Crippen LogP contribution < -0.4 is 14.4 Å². The number of ether oxygens (including phenoxy) is 1. The fraction of sp³-hybridized carbons (Fsp3) is 0.321. The molecule has 0 atom stereocenters. The van der Waals surface area contributed by atoms with Gasteiger partial charge in [-0.3, -0.25) is 14.0 Å². The second-order valence-electron chi connectivity index (χ2n) is 9.10. The summed E-state index contributed by atoms with van der Waals surface area (Å²) in [5.41, 5.74) is 2.31. The summed E-state index contributed by atoms with van der Waals surface area (Å²) in [6.45, 7) is 2.89. The number of amides is 1. The monoisotopic (exact) mass is 525 g/mol. The maximum atomic E-state index is 13.5. The topological polar surface area (TPSA) is 79.0 Å². The van der Waals surface area contributed by atoms with Gasteiger partial charge in [0, 0.05) is 13.1 Å². The molecule has 9 heteroatoms. The molecule has 1 N–H and O–H groups in total. The highest BCUT2D eigenvalue weighted by Gasteiger charge is 2.27. The van der Waals surface area contributed by atoms with Gasteiger partial charge in [-0.15, -0.1) is 0 Å². The molecule has 0 unspecified atom stereocenters. The number of carbonyl (C=O) groups excluding carboxylic acids is 1. The number of sulfonamides is 1. The third-order valence-electron chi connectivity index (χ3n) is 6.39. The normalized spacial score (nSPS) is 14.2. The van der Waals surface area contributed by atoms with Crippen LogP contribution in [0.1, 0.15) is 30.4 Å². The number of carbonyl (C=O) groups is 1. The molecule has 1 saturated heterocycles. The van der Waals surface area contributed by atoms with Crippen LogP contribution in [0, 0.1) is 5.82 Å². The van der Waals surface area contributed by atoms with Crippen molar-refractivity contribution >= 4 is 21.6 Å². The lowest BCUT2D eigenvalue weighted by Crippen LogP contribution is -2.40. The van der Waals surface area contributed by atoms with Crippen molar-refractivity contribution < 1.29 is 22.3 Å². The summed E-state index contributed by atoms with van der Waals surface area (Å²) in [6, 6.07) is 19.0. The number of hydrogen-bond acceptors (Lipinski definition) is 5. The van der Waals surface area contributed by atoms with E-state index >= 15 is 0 Å². The minimum Gasteiger partial charge on any atom is -0.497 e. The summed E-state index contributed by atoms with van der Waals surface area (Å²) in [5.74, 6) is -0.463. The van der Waals surface area contributed by atoms with Crippen LogP contribution in [0.2, 0.25) is 0 Å². The Morgan fingerprint density at radius 1 is 0.973 bits per heavy atom. The van der Waals surface area contributed by atoms with Crippen LogP contribution >= 0.6 is 0 Å². The molecule has 1 aliphatic rings. The summed E-state index contributed by atoms with van der Waals surface area (Å²) in [4.78, 5) is 15.4. The van der Waals surface area contributed by atoms with Crippen molar-refractivity contribution in [2.45, 2.75) is 37.2 Å². The van der Waals surface area contributed by atoms with E-state index in [2.05, 4.69) is 22.3 Å².